The number of thiazole rings is 1. The second-order valence-corrected chi connectivity index (χ2v) is 7.51. The van der Waals surface area contributed by atoms with Gasteiger partial charge in [-0.15, -0.1) is 6.58 Å². The number of non-ortho nitro benzene ring substituents is 1. The third-order valence-electron chi connectivity index (χ3n) is 3.58. The first kappa shape index (κ1) is 19.3. The van der Waals surface area contributed by atoms with Crippen molar-refractivity contribution in [1.82, 2.24) is 4.57 Å². The number of rotatable bonds is 6. The Labute approximate surface area is 165 Å². The lowest BCUT2D eigenvalue weighted by Crippen LogP contribution is -2.15. The summed E-state index contributed by atoms with van der Waals surface area (Å²) in [6.45, 7) is 4.06. The molecule has 0 saturated carbocycles. The van der Waals surface area contributed by atoms with Crippen molar-refractivity contribution in [2.75, 3.05) is 0 Å². The third kappa shape index (κ3) is 4.10. The van der Waals surface area contributed by atoms with Crippen molar-refractivity contribution < 1.29 is 14.6 Å². The van der Waals surface area contributed by atoms with Gasteiger partial charge in [-0.25, -0.2) is 0 Å². The van der Waals surface area contributed by atoms with Crippen LogP contribution in [-0.4, -0.2) is 20.3 Å². The van der Waals surface area contributed by atoms with Gasteiger partial charge < -0.3 is 4.57 Å². The molecule has 28 heavy (non-hydrogen) atoms. The second-order valence-electron chi connectivity index (χ2n) is 5.41. The molecule has 0 aliphatic heterocycles. The van der Waals surface area contributed by atoms with Crippen LogP contribution in [0.4, 0.5) is 10.7 Å². The first-order valence-corrected chi connectivity index (χ1v) is 9.42. The first-order valence-electron chi connectivity index (χ1n) is 7.78. The van der Waals surface area contributed by atoms with Gasteiger partial charge in [-0.3, -0.25) is 25.0 Å². The highest BCUT2D eigenvalue weighted by atomic mass is 32.1. The number of allylic oxidation sites excluding steroid dienone is 1. The zero-order valence-corrected chi connectivity index (χ0v) is 15.8. The number of carbonyl (C=O) groups is 1. The summed E-state index contributed by atoms with van der Waals surface area (Å²) in [4.78, 5) is 37.9. The molecule has 0 N–H and O–H groups in total. The van der Waals surface area contributed by atoms with Gasteiger partial charge in [0, 0.05) is 35.7 Å². The van der Waals surface area contributed by atoms with E-state index in [-0.39, 0.29) is 10.7 Å². The molecule has 0 radical (unpaired) electrons. The standard InChI is InChI=1S/C17H12N4O5S2/c1-2-9-19-13-6-3-11(20(23)24)10-14(13)28-17(19)18-15(22)7-4-12-5-8-16(27-12)21(25)26/h2-8,10H,1,9H2. The number of fused-ring (bicyclic) bond motifs is 1. The maximum atomic E-state index is 12.2. The number of aromatic nitrogens is 1. The molecule has 1 aromatic carbocycles. The van der Waals surface area contributed by atoms with Gasteiger partial charge in [-0.2, -0.15) is 4.99 Å². The molecule has 11 heteroatoms. The summed E-state index contributed by atoms with van der Waals surface area (Å²) in [7, 11) is 0. The topological polar surface area (TPSA) is 121 Å². The lowest BCUT2D eigenvalue weighted by molar-refractivity contribution is -0.384. The van der Waals surface area contributed by atoms with E-state index in [1.807, 2.05) is 0 Å². The van der Waals surface area contributed by atoms with Gasteiger partial charge in [0.2, 0.25) is 0 Å². The van der Waals surface area contributed by atoms with Crippen LogP contribution in [0, 0.1) is 20.2 Å². The molecule has 0 spiro atoms. The van der Waals surface area contributed by atoms with Gasteiger partial charge >= 0.3 is 5.00 Å². The van der Waals surface area contributed by atoms with Gasteiger partial charge in [0.05, 0.1) is 20.1 Å². The lowest BCUT2D eigenvalue weighted by Gasteiger charge is -2.00. The number of nitrogens with zero attached hydrogens (tertiary/aromatic N) is 4. The van der Waals surface area contributed by atoms with E-state index < -0.39 is 15.8 Å². The Hall–Kier alpha value is -3.44. The van der Waals surface area contributed by atoms with Crippen LogP contribution in [0.5, 0.6) is 0 Å². The zero-order chi connectivity index (χ0) is 20.3. The Morgan fingerprint density at radius 3 is 2.61 bits per heavy atom. The summed E-state index contributed by atoms with van der Waals surface area (Å²) in [5.74, 6) is -0.546. The minimum absolute atomic E-state index is 0.0148. The van der Waals surface area contributed by atoms with E-state index in [1.54, 1.807) is 22.8 Å². The van der Waals surface area contributed by atoms with E-state index in [9.17, 15) is 25.0 Å². The van der Waals surface area contributed by atoms with Crippen LogP contribution < -0.4 is 4.80 Å². The van der Waals surface area contributed by atoms with Crippen molar-refractivity contribution in [2.24, 2.45) is 4.99 Å². The van der Waals surface area contributed by atoms with E-state index in [0.29, 0.717) is 26.4 Å². The molecule has 2 aromatic heterocycles. The molecule has 0 fully saturated rings. The smallest absolute Gasteiger partial charge is 0.312 e. The quantitative estimate of drug-likeness (QED) is 0.261. The Bertz CT molecular complexity index is 1200. The fourth-order valence-electron chi connectivity index (χ4n) is 2.38. The van der Waals surface area contributed by atoms with E-state index in [4.69, 9.17) is 0 Å². The number of amides is 1. The van der Waals surface area contributed by atoms with Crippen LogP contribution in [0.1, 0.15) is 4.88 Å². The minimum Gasteiger partial charge on any atom is -0.312 e. The average molecular weight is 416 g/mol. The molecule has 0 aliphatic rings. The van der Waals surface area contributed by atoms with Gasteiger partial charge in [0.25, 0.3) is 11.6 Å². The lowest BCUT2D eigenvalue weighted by atomic mass is 10.3. The van der Waals surface area contributed by atoms with Crippen LogP contribution in [0.25, 0.3) is 16.3 Å². The number of nitro groups is 2. The van der Waals surface area contributed by atoms with Crippen LogP contribution in [0.3, 0.4) is 0 Å². The molecule has 0 atom stereocenters. The highest BCUT2D eigenvalue weighted by molar-refractivity contribution is 7.16. The van der Waals surface area contributed by atoms with Gasteiger partial charge in [-0.05, 0) is 18.2 Å². The van der Waals surface area contributed by atoms with E-state index in [0.717, 1.165) is 22.7 Å². The first-order chi connectivity index (χ1) is 13.4. The van der Waals surface area contributed by atoms with Gasteiger partial charge in [-0.1, -0.05) is 28.7 Å². The maximum absolute atomic E-state index is 12.2. The van der Waals surface area contributed by atoms with E-state index in [1.165, 1.54) is 30.4 Å². The molecule has 0 saturated heterocycles. The highest BCUT2D eigenvalue weighted by Gasteiger charge is 2.12. The van der Waals surface area contributed by atoms with Crippen LogP contribution in [-0.2, 0) is 11.3 Å². The normalized spacial score (nSPS) is 11.9. The molecule has 3 rings (SSSR count). The van der Waals surface area contributed by atoms with Crippen molar-refractivity contribution in [2.45, 2.75) is 6.54 Å². The number of benzene rings is 1. The number of thiophene rings is 1. The molecular weight excluding hydrogens is 404 g/mol. The monoisotopic (exact) mass is 416 g/mol. The fraction of sp³-hybridized carbons (Fsp3) is 0.0588. The molecule has 0 unspecified atom stereocenters. The van der Waals surface area contributed by atoms with Crippen molar-refractivity contribution in [1.29, 1.82) is 0 Å². The average Bonchev–Trinajstić information content (AvgIpc) is 3.25. The molecule has 1 amide bonds. The van der Waals surface area contributed by atoms with E-state index in [2.05, 4.69) is 11.6 Å². The van der Waals surface area contributed by atoms with Crippen molar-refractivity contribution in [3.8, 4) is 0 Å². The van der Waals surface area contributed by atoms with Crippen LogP contribution in [0.15, 0.2) is 54.1 Å². The van der Waals surface area contributed by atoms with Crippen molar-refractivity contribution in [3.63, 3.8) is 0 Å². The highest BCUT2D eigenvalue weighted by Crippen LogP contribution is 2.25. The Morgan fingerprint density at radius 1 is 1.18 bits per heavy atom. The van der Waals surface area contributed by atoms with E-state index >= 15 is 0 Å². The summed E-state index contributed by atoms with van der Waals surface area (Å²) in [6, 6.07) is 7.34. The molecule has 2 heterocycles. The summed E-state index contributed by atoms with van der Waals surface area (Å²) in [6.07, 6.45) is 4.32. The SMILES string of the molecule is C=CCn1c(=NC(=O)C=Cc2ccc([N+](=O)[O-])s2)sc2cc([N+](=O)[O-])ccc21. The summed E-state index contributed by atoms with van der Waals surface area (Å²) in [5.41, 5.74) is 0.663. The Balaban J connectivity index is 1.96. The molecule has 3 aromatic rings. The largest absolute Gasteiger partial charge is 0.324 e. The predicted molar refractivity (Wildman–Crippen MR) is 107 cm³/mol. The van der Waals surface area contributed by atoms with Crippen LogP contribution in [0.2, 0.25) is 0 Å². The maximum Gasteiger partial charge on any atom is 0.324 e. The summed E-state index contributed by atoms with van der Waals surface area (Å²) in [5, 5.41) is 21.6. The molecule has 0 aliphatic carbocycles. The summed E-state index contributed by atoms with van der Waals surface area (Å²) < 4.78 is 2.36. The van der Waals surface area contributed by atoms with Gasteiger partial charge in [0.1, 0.15) is 0 Å². The molecule has 9 nitrogen and oxygen atoms in total. The van der Waals surface area contributed by atoms with Gasteiger partial charge in [0.15, 0.2) is 4.80 Å². The third-order valence-corrected chi connectivity index (χ3v) is 5.62. The Morgan fingerprint density at radius 2 is 1.96 bits per heavy atom. The second kappa shape index (κ2) is 8.06. The number of carbonyl (C=O) groups excluding carboxylic acids is 1. The van der Waals surface area contributed by atoms with Crippen molar-refractivity contribution >= 4 is 55.6 Å². The van der Waals surface area contributed by atoms with Crippen molar-refractivity contribution in [3.05, 3.63) is 79.0 Å². The Kier molecular flexibility index (Phi) is 5.57. The van der Waals surface area contributed by atoms with Crippen LogP contribution >= 0.6 is 22.7 Å². The number of hydrogen-bond acceptors (Lipinski definition) is 7. The zero-order valence-electron chi connectivity index (χ0n) is 14.2. The molecule has 0 bridgehead atoms. The molecule has 142 valence electrons. The number of hydrogen-bond donors (Lipinski definition) is 0. The number of nitro benzene ring substituents is 1. The fourth-order valence-corrected chi connectivity index (χ4v) is 4.18. The minimum atomic E-state index is -0.546. The predicted octanol–water partition coefficient (Wildman–Crippen LogP) is 3.91. The summed E-state index contributed by atoms with van der Waals surface area (Å²) >= 11 is 2.11. The molecular formula is C17H12N4O5S2.